The summed E-state index contributed by atoms with van der Waals surface area (Å²) in [5, 5.41) is 4.11. The molecule has 5 heteroatoms. The van der Waals surface area contributed by atoms with E-state index in [0.717, 1.165) is 60.4 Å². The Bertz CT molecular complexity index is 811. The lowest BCUT2D eigenvalue weighted by Gasteiger charge is -2.33. The minimum absolute atomic E-state index is 0.205. The third kappa shape index (κ3) is 4.39. The Morgan fingerprint density at radius 1 is 1.15 bits per heavy atom. The lowest BCUT2D eigenvalue weighted by Crippen LogP contribution is -2.47. The third-order valence-electron chi connectivity index (χ3n) is 5.80. The van der Waals surface area contributed by atoms with Crippen molar-refractivity contribution in [1.29, 1.82) is 0 Å². The number of hydrogen-bond donors (Lipinski definition) is 1. The highest BCUT2D eigenvalue weighted by Crippen LogP contribution is 2.49. The van der Waals surface area contributed by atoms with Crippen molar-refractivity contribution in [3.05, 3.63) is 69.2 Å². The second kappa shape index (κ2) is 7.94. The van der Waals surface area contributed by atoms with E-state index >= 15 is 0 Å². The van der Waals surface area contributed by atoms with Gasteiger partial charge in [0.05, 0.1) is 5.41 Å². The van der Waals surface area contributed by atoms with Crippen molar-refractivity contribution in [2.45, 2.75) is 43.7 Å². The molecule has 1 saturated heterocycles. The molecule has 0 aromatic heterocycles. The molecule has 27 heavy (non-hydrogen) atoms. The zero-order valence-electron chi connectivity index (χ0n) is 15.3. The van der Waals surface area contributed by atoms with Crippen molar-refractivity contribution in [3.63, 3.8) is 0 Å². The molecular weight excluding hydrogens is 424 g/mol. The van der Waals surface area contributed by atoms with Gasteiger partial charge in [0.1, 0.15) is 0 Å². The van der Waals surface area contributed by atoms with Crippen LogP contribution in [0.15, 0.2) is 53.0 Å². The van der Waals surface area contributed by atoms with Crippen LogP contribution in [-0.4, -0.2) is 29.9 Å². The van der Waals surface area contributed by atoms with Crippen LogP contribution in [0.1, 0.15) is 36.8 Å². The molecule has 0 radical (unpaired) electrons. The smallest absolute Gasteiger partial charge is 0.230 e. The molecule has 142 valence electrons. The number of likely N-dealkylation sites (tertiary alicyclic amines) is 1. The number of carbonyl (C=O) groups is 1. The molecule has 0 unspecified atom stereocenters. The van der Waals surface area contributed by atoms with Gasteiger partial charge >= 0.3 is 0 Å². The first kappa shape index (κ1) is 19.0. The monoisotopic (exact) mass is 446 g/mol. The molecule has 2 aromatic carbocycles. The molecule has 4 rings (SSSR count). The Morgan fingerprint density at radius 2 is 1.85 bits per heavy atom. The van der Waals surface area contributed by atoms with Crippen LogP contribution in [0.4, 0.5) is 0 Å². The molecule has 0 bridgehead atoms. The summed E-state index contributed by atoms with van der Waals surface area (Å²) >= 11 is 9.48. The fraction of sp³-hybridized carbons (Fsp3) is 0.409. The van der Waals surface area contributed by atoms with E-state index < -0.39 is 0 Å². The van der Waals surface area contributed by atoms with E-state index in [9.17, 15) is 4.79 Å². The second-order valence-electron chi connectivity index (χ2n) is 7.74. The van der Waals surface area contributed by atoms with Crippen LogP contribution in [0.5, 0.6) is 0 Å². The zero-order chi connectivity index (χ0) is 18.9. The lowest BCUT2D eigenvalue weighted by molar-refractivity contribution is -0.124. The fourth-order valence-electron chi connectivity index (χ4n) is 3.96. The van der Waals surface area contributed by atoms with Gasteiger partial charge in [-0.05, 0) is 61.1 Å². The predicted molar refractivity (Wildman–Crippen MR) is 113 cm³/mol. The molecule has 1 aliphatic heterocycles. The molecule has 0 atom stereocenters. The third-order valence-corrected chi connectivity index (χ3v) is 6.55. The SMILES string of the molecule is O=C(NC1CCN(Cc2ccc(Cl)cc2)CC1)C1(c2cccc(Br)c2)CC1. The maximum Gasteiger partial charge on any atom is 0.230 e. The average molecular weight is 448 g/mol. The summed E-state index contributed by atoms with van der Waals surface area (Å²) in [5.74, 6) is 0.205. The van der Waals surface area contributed by atoms with Gasteiger partial charge in [-0.15, -0.1) is 0 Å². The Balaban J connectivity index is 1.30. The number of rotatable bonds is 5. The van der Waals surface area contributed by atoms with Crippen LogP contribution in [0.25, 0.3) is 0 Å². The number of benzene rings is 2. The first-order valence-electron chi connectivity index (χ1n) is 9.59. The van der Waals surface area contributed by atoms with Gasteiger partial charge < -0.3 is 5.32 Å². The lowest BCUT2D eigenvalue weighted by atomic mass is 9.94. The Morgan fingerprint density at radius 3 is 2.48 bits per heavy atom. The van der Waals surface area contributed by atoms with Crippen LogP contribution in [0.3, 0.4) is 0 Å². The van der Waals surface area contributed by atoms with Crippen LogP contribution >= 0.6 is 27.5 Å². The van der Waals surface area contributed by atoms with E-state index in [2.05, 4.69) is 50.4 Å². The van der Waals surface area contributed by atoms with Crippen molar-refractivity contribution >= 4 is 33.4 Å². The topological polar surface area (TPSA) is 32.3 Å². The summed E-state index contributed by atoms with van der Waals surface area (Å²) in [6.07, 6.45) is 3.91. The van der Waals surface area contributed by atoms with Crippen LogP contribution in [0.2, 0.25) is 5.02 Å². The molecular formula is C22H24BrClN2O. The van der Waals surface area contributed by atoms with Gasteiger partial charge in [0.2, 0.25) is 5.91 Å². The Labute approximate surface area is 174 Å². The molecule has 1 heterocycles. The number of amides is 1. The second-order valence-corrected chi connectivity index (χ2v) is 9.09. The van der Waals surface area contributed by atoms with E-state index in [1.807, 2.05) is 24.3 Å². The number of carbonyl (C=O) groups excluding carboxylic acids is 1. The van der Waals surface area contributed by atoms with Crippen LogP contribution in [0, 0.1) is 0 Å². The summed E-state index contributed by atoms with van der Waals surface area (Å²) in [6, 6.07) is 16.5. The summed E-state index contributed by atoms with van der Waals surface area (Å²) in [4.78, 5) is 15.4. The van der Waals surface area contributed by atoms with Gasteiger partial charge in [0.25, 0.3) is 0 Å². The van der Waals surface area contributed by atoms with E-state index in [1.165, 1.54) is 5.56 Å². The highest BCUT2D eigenvalue weighted by Gasteiger charge is 2.51. The number of nitrogens with one attached hydrogen (secondary N) is 1. The zero-order valence-corrected chi connectivity index (χ0v) is 17.6. The summed E-state index contributed by atoms with van der Waals surface area (Å²) in [6.45, 7) is 2.97. The maximum absolute atomic E-state index is 13.0. The van der Waals surface area contributed by atoms with Crippen molar-refractivity contribution in [2.24, 2.45) is 0 Å². The molecule has 2 aromatic rings. The quantitative estimate of drug-likeness (QED) is 0.706. The van der Waals surface area contributed by atoms with Gasteiger partial charge in [-0.25, -0.2) is 0 Å². The molecule has 1 aliphatic carbocycles. The summed E-state index contributed by atoms with van der Waals surface area (Å²) in [7, 11) is 0. The largest absolute Gasteiger partial charge is 0.353 e. The van der Waals surface area contributed by atoms with Gasteiger partial charge in [-0.2, -0.15) is 0 Å². The highest BCUT2D eigenvalue weighted by molar-refractivity contribution is 9.10. The van der Waals surface area contributed by atoms with Gasteiger partial charge in [-0.3, -0.25) is 9.69 Å². The van der Waals surface area contributed by atoms with Crippen LogP contribution in [-0.2, 0) is 16.8 Å². The predicted octanol–water partition coefficient (Wildman–Crippen LogP) is 4.91. The molecule has 2 fully saturated rings. The van der Waals surface area contributed by atoms with Crippen molar-refractivity contribution < 1.29 is 4.79 Å². The Hall–Kier alpha value is -1.36. The average Bonchev–Trinajstić information content (AvgIpc) is 3.47. The summed E-state index contributed by atoms with van der Waals surface area (Å²) in [5.41, 5.74) is 2.12. The number of piperidine rings is 1. The van der Waals surface area contributed by atoms with Crippen molar-refractivity contribution in [3.8, 4) is 0 Å². The van der Waals surface area contributed by atoms with Crippen molar-refractivity contribution in [2.75, 3.05) is 13.1 Å². The molecule has 3 nitrogen and oxygen atoms in total. The summed E-state index contributed by atoms with van der Waals surface area (Å²) < 4.78 is 1.04. The first-order valence-corrected chi connectivity index (χ1v) is 10.8. The molecule has 0 spiro atoms. The van der Waals surface area contributed by atoms with E-state index in [4.69, 9.17) is 11.6 Å². The number of halogens is 2. The fourth-order valence-corrected chi connectivity index (χ4v) is 4.49. The van der Waals surface area contributed by atoms with Gasteiger partial charge in [-0.1, -0.05) is 51.8 Å². The van der Waals surface area contributed by atoms with Gasteiger partial charge in [0, 0.05) is 35.2 Å². The molecule has 1 N–H and O–H groups in total. The Kier molecular flexibility index (Phi) is 5.58. The van der Waals surface area contributed by atoms with Crippen molar-refractivity contribution in [1.82, 2.24) is 10.2 Å². The molecule has 2 aliphatic rings. The minimum atomic E-state index is -0.301. The molecule has 1 saturated carbocycles. The standard InChI is InChI=1S/C22H24BrClN2O/c23-18-3-1-2-17(14-18)22(10-11-22)21(27)25-20-8-12-26(13-9-20)15-16-4-6-19(24)7-5-16/h1-7,14,20H,8-13,15H2,(H,25,27). The molecule has 1 amide bonds. The van der Waals surface area contributed by atoms with Gasteiger partial charge in [0.15, 0.2) is 0 Å². The highest BCUT2D eigenvalue weighted by atomic mass is 79.9. The maximum atomic E-state index is 13.0. The first-order chi connectivity index (χ1) is 13.0. The number of nitrogens with zero attached hydrogens (tertiary/aromatic N) is 1. The van der Waals surface area contributed by atoms with E-state index in [0.29, 0.717) is 0 Å². The number of hydrogen-bond acceptors (Lipinski definition) is 2. The van der Waals surface area contributed by atoms with Crippen LogP contribution < -0.4 is 5.32 Å². The van der Waals surface area contributed by atoms with E-state index in [1.54, 1.807) is 0 Å². The minimum Gasteiger partial charge on any atom is -0.353 e. The van der Waals surface area contributed by atoms with E-state index in [-0.39, 0.29) is 17.4 Å². The normalized spacial score (nSPS) is 19.6.